The molecule has 0 aliphatic carbocycles. The maximum atomic E-state index is 12.8. The molecule has 0 unspecified atom stereocenters. The molecule has 1 aromatic carbocycles. The third kappa shape index (κ3) is 3.70. The van der Waals surface area contributed by atoms with Crippen LogP contribution in [0.2, 0.25) is 10.0 Å². The Morgan fingerprint density at radius 3 is 2.50 bits per heavy atom. The molecule has 1 aromatic heterocycles. The summed E-state index contributed by atoms with van der Waals surface area (Å²) in [6, 6.07) is 4.61. The molecule has 146 valence electrons. The summed E-state index contributed by atoms with van der Waals surface area (Å²) < 4.78 is 0. The van der Waals surface area contributed by atoms with E-state index in [1.807, 2.05) is 4.90 Å². The molecule has 2 aliphatic heterocycles. The van der Waals surface area contributed by atoms with E-state index in [9.17, 15) is 14.4 Å². The van der Waals surface area contributed by atoms with Crippen LogP contribution in [0.4, 0.5) is 17.5 Å². The van der Waals surface area contributed by atoms with Gasteiger partial charge in [-0.2, -0.15) is 4.98 Å². The predicted octanol–water partition coefficient (Wildman–Crippen LogP) is 2.74. The van der Waals surface area contributed by atoms with Crippen molar-refractivity contribution in [3.05, 3.63) is 44.2 Å². The first-order chi connectivity index (χ1) is 13.4. The number of rotatable bonds is 3. The topological polar surface area (TPSA) is 107 Å². The second-order valence-corrected chi connectivity index (χ2v) is 7.67. The summed E-state index contributed by atoms with van der Waals surface area (Å²) >= 11 is 11.9. The van der Waals surface area contributed by atoms with Gasteiger partial charge in [0.15, 0.2) is 0 Å². The zero-order valence-electron chi connectivity index (χ0n) is 14.7. The maximum Gasteiger partial charge on any atom is 0.258 e. The van der Waals surface area contributed by atoms with Crippen molar-refractivity contribution in [2.45, 2.75) is 25.2 Å². The molecule has 8 nitrogen and oxygen atoms in total. The van der Waals surface area contributed by atoms with E-state index in [1.165, 1.54) is 18.2 Å². The van der Waals surface area contributed by atoms with E-state index in [0.29, 0.717) is 21.7 Å². The minimum absolute atomic E-state index is 0.131. The number of hydrogen-bond donors (Lipinski definition) is 3. The van der Waals surface area contributed by atoms with E-state index < -0.39 is 17.4 Å². The van der Waals surface area contributed by atoms with Gasteiger partial charge in [0.2, 0.25) is 17.8 Å². The molecule has 4 rings (SSSR count). The lowest BCUT2D eigenvalue weighted by Gasteiger charge is -2.25. The van der Waals surface area contributed by atoms with E-state index in [1.54, 1.807) is 0 Å². The molecular formula is C18H17Cl2N5O3. The zero-order chi connectivity index (χ0) is 19.8. The number of halogens is 2. The van der Waals surface area contributed by atoms with Gasteiger partial charge in [-0.3, -0.25) is 19.4 Å². The lowest BCUT2D eigenvalue weighted by Crippen LogP contribution is -2.37. The van der Waals surface area contributed by atoms with Crippen molar-refractivity contribution in [2.24, 2.45) is 0 Å². The normalized spacial score (nSPS) is 18.6. The van der Waals surface area contributed by atoms with Crippen LogP contribution in [0, 0.1) is 0 Å². The summed E-state index contributed by atoms with van der Waals surface area (Å²) in [4.78, 5) is 46.8. The smallest absolute Gasteiger partial charge is 0.258 e. The molecule has 3 heterocycles. The van der Waals surface area contributed by atoms with Crippen molar-refractivity contribution in [3.8, 4) is 0 Å². The van der Waals surface area contributed by atoms with Gasteiger partial charge < -0.3 is 15.5 Å². The van der Waals surface area contributed by atoms with Crippen LogP contribution >= 0.6 is 23.2 Å². The SMILES string of the molecule is O=C1C[C@@H](C(=O)Nc2cc(Cl)cc(Cl)c2)c2c(nc(N3CCCC3)[nH]c2=O)N1. The van der Waals surface area contributed by atoms with E-state index in [0.717, 1.165) is 25.9 Å². The number of amides is 2. The molecule has 28 heavy (non-hydrogen) atoms. The van der Waals surface area contributed by atoms with Gasteiger partial charge in [0.25, 0.3) is 5.56 Å². The second-order valence-electron chi connectivity index (χ2n) is 6.80. The number of nitrogens with one attached hydrogen (secondary N) is 3. The van der Waals surface area contributed by atoms with Crippen molar-refractivity contribution in [3.63, 3.8) is 0 Å². The fourth-order valence-electron chi connectivity index (χ4n) is 3.52. The summed E-state index contributed by atoms with van der Waals surface area (Å²) in [5.41, 5.74) is 0.0949. The zero-order valence-corrected chi connectivity index (χ0v) is 16.2. The third-order valence-corrected chi connectivity index (χ3v) is 5.23. The van der Waals surface area contributed by atoms with Crippen LogP contribution in [-0.4, -0.2) is 34.9 Å². The monoisotopic (exact) mass is 421 g/mol. The molecule has 1 fully saturated rings. The average molecular weight is 422 g/mol. The van der Waals surface area contributed by atoms with Gasteiger partial charge in [-0.1, -0.05) is 23.2 Å². The summed E-state index contributed by atoms with van der Waals surface area (Å²) in [6.07, 6.45) is 1.88. The number of aromatic amines is 1. The number of anilines is 3. The van der Waals surface area contributed by atoms with Gasteiger partial charge in [-0.05, 0) is 31.0 Å². The fourth-order valence-corrected chi connectivity index (χ4v) is 4.04. The molecule has 0 bridgehead atoms. The van der Waals surface area contributed by atoms with Crippen LogP contribution in [-0.2, 0) is 9.59 Å². The van der Waals surface area contributed by atoms with Gasteiger partial charge in [0, 0.05) is 35.2 Å². The average Bonchev–Trinajstić information content (AvgIpc) is 3.14. The van der Waals surface area contributed by atoms with Crippen molar-refractivity contribution in [1.82, 2.24) is 9.97 Å². The Bertz CT molecular complexity index is 997. The summed E-state index contributed by atoms with van der Waals surface area (Å²) in [5.74, 6) is -1.31. The molecule has 1 saturated heterocycles. The Balaban J connectivity index is 1.66. The van der Waals surface area contributed by atoms with Crippen LogP contribution in [0.3, 0.4) is 0 Å². The number of carbonyl (C=O) groups is 2. The Hall–Kier alpha value is -2.58. The third-order valence-electron chi connectivity index (χ3n) is 4.79. The Labute approximate surface area is 170 Å². The first-order valence-corrected chi connectivity index (χ1v) is 9.62. The highest BCUT2D eigenvalue weighted by Gasteiger charge is 2.35. The number of hydrogen-bond acceptors (Lipinski definition) is 5. The molecular weight excluding hydrogens is 405 g/mol. The van der Waals surface area contributed by atoms with Crippen LogP contribution in [0.15, 0.2) is 23.0 Å². The van der Waals surface area contributed by atoms with Gasteiger partial charge in [-0.25, -0.2) is 0 Å². The van der Waals surface area contributed by atoms with Crippen molar-refractivity contribution < 1.29 is 9.59 Å². The van der Waals surface area contributed by atoms with Gasteiger partial charge in [0.1, 0.15) is 5.82 Å². The van der Waals surface area contributed by atoms with Gasteiger partial charge in [0.05, 0.1) is 11.5 Å². The summed E-state index contributed by atoms with van der Waals surface area (Å²) in [5, 5.41) is 6.01. The fraction of sp³-hybridized carbons (Fsp3) is 0.333. The molecule has 10 heteroatoms. The maximum absolute atomic E-state index is 12.8. The molecule has 2 aliphatic rings. The molecule has 1 atom stereocenters. The lowest BCUT2D eigenvalue weighted by atomic mass is 9.92. The van der Waals surface area contributed by atoms with Gasteiger partial charge in [-0.15, -0.1) is 0 Å². The highest BCUT2D eigenvalue weighted by atomic mass is 35.5. The van der Waals surface area contributed by atoms with Crippen LogP contribution in [0.5, 0.6) is 0 Å². The summed E-state index contributed by atoms with van der Waals surface area (Å²) in [7, 11) is 0. The van der Waals surface area contributed by atoms with Crippen molar-refractivity contribution in [2.75, 3.05) is 28.6 Å². The highest BCUT2D eigenvalue weighted by Crippen LogP contribution is 2.31. The number of fused-ring (bicyclic) bond motifs is 1. The van der Waals surface area contributed by atoms with Gasteiger partial charge >= 0.3 is 0 Å². The Morgan fingerprint density at radius 2 is 1.82 bits per heavy atom. The minimum atomic E-state index is -0.967. The lowest BCUT2D eigenvalue weighted by molar-refractivity contribution is -0.123. The van der Waals surface area contributed by atoms with Crippen molar-refractivity contribution >= 4 is 52.5 Å². The quantitative estimate of drug-likeness (QED) is 0.705. The second kappa shape index (κ2) is 7.44. The molecule has 0 radical (unpaired) electrons. The molecule has 2 amide bonds. The number of benzene rings is 1. The van der Waals surface area contributed by atoms with Crippen LogP contribution in [0.25, 0.3) is 0 Å². The molecule has 2 aromatic rings. The summed E-state index contributed by atoms with van der Waals surface area (Å²) in [6.45, 7) is 1.57. The number of aromatic nitrogens is 2. The Morgan fingerprint density at radius 1 is 1.14 bits per heavy atom. The van der Waals surface area contributed by atoms with Crippen molar-refractivity contribution in [1.29, 1.82) is 0 Å². The first kappa shape index (κ1) is 18.8. The molecule has 0 spiro atoms. The number of H-pyrrole nitrogens is 1. The molecule has 0 saturated carbocycles. The number of nitrogens with zero attached hydrogens (tertiary/aromatic N) is 2. The first-order valence-electron chi connectivity index (χ1n) is 8.86. The standard InChI is InChI=1S/C18H17Cl2N5O3/c19-9-5-10(20)7-11(6-9)21-16(27)12-8-13(26)22-15-14(12)17(28)24-18(23-15)25-3-1-2-4-25/h5-7,12H,1-4,8H2,(H,21,27)(H2,22,23,24,26,28)/t12-/m1/s1. The number of carbonyl (C=O) groups excluding carboxylic acids is 2. The van der Waals surface area contributed by atoms with E-state index in [2.05, 4.69) is 20.6 Å². The van der Waals surface area contributed by atoms with E-state index in [-0.39, 0.29) is 23.7 Å². The minimum Gasteiger partial charge on any atom is -0.342 e. The van der Waals surface area contributed by atoms with E-state index in [4.69, 9.17) is 23.2 Å². The Kier molecular flexibility index (Phi) is 4.99. The predicted molar refractivity (Wildman–Crippen MR) is 107 cm³/mol. The highest BCUT2D eigenvalue weighted by molar-refractivity contribution is 6.35. The van der Waals surface area contributed by atoms with Crippen LogP contribution < -0.4 is 21.1 Å². The van der Waals surface area contributed by atoms with E-state index >= 15 is 0 Å². The molecule has 3 N–H and O–H groups in total. The largest absolute Gasteiger partial charge is 0.342 e. The van der Waals surface area contributed by atoms with Crippen LogP contribution in [0.1, 0.15) is 30.7 Å².